The maximum atomic E-state index is 12.2. The summed E-state index contributed by atoms with van der Waals surface area (Å²) in [5.74, 6) is 2.28. The highest BCUT2D eigenvalue weighted by atomic mass is 35.5. The van der Waals surface area contributed by atoms with Crippen LogP contribution in [-0.4, -0.2) is 37.0 Å². The van der Waals surface area contributed by atoms with Gasteiger partial charge in [-0.25, -0.2) is 0 Å². The SMILES string of the molecule is Cc1ccc([C@@H](CNC(=O)COc2ccc(Cl)c(C)c2)N2CCCC2)o1. The summed E-state index contributed by atoms with van der Waals surface area (Å²) in [6.45, 7) is 6.38. The van der Waals surface area contributed by atoms with Gasteiger partial charge in [0.25, 0.3) is 5.91 Å². The third-order valence-corrected chi connectivity index (χ3v) is 5.09. The molecule has 26 heavy (non-hydrogen) atoms. The summed E-state index contributed by atoms with van der Waals surface area (Å²) < 4.78 is 11.4. The van der Waals surface area contributed by atoms with E-state index in [0.29, 0.717) is 17.3 Å². The molecule has 1 aliphatic rings. The first-order valence-electron chi connectivity index (χ1n) is 8.99. The molecule has 1 aliphatic heterocycles. The predicted octanol–water partition coefficient (Wildman–Crippen LogP) is 3.88. The van der Waals surface area contributed by atoms with Gasteiger partial charge in [0.2, 0.25) is 0 Å². The molecule has 1 N–H and O–H groups in total. The number of carbonyl (C=O) groups excluding carboxylic acids is 1. The summed E-state index contributed by atoms with van der Waals surface area (Å²) in [4.78, 5) is 14.6. The van der Waals surface area contributed by atoms with Crippen LogP contribution < -0.4 is 10.1 Å². The Morgan fingerprint density at radius 1 is 1.27 bits per heavy atom. The van der Waals surface area contributed by atoms with Gasteiger partial charge in [-0.2, -0.15) is 0 Å². The van der Waals surface area contributed by atoms with Gasteiger partial charge in [-0.3, -0.25) is 9.69 Å². The molecule has 1 aromatic heterocycles. The molecule has 0 spiro atoms. The van der Waals surface area contributed by atoms with Crippen molar-refractivity contribution < 1.29 is 13.9 Å². The van der Waals surface area contributed by atoms with Gasteiger partial charge in [0, 0.05) is 11.6 Å². The molecule has 1 saturated heterocycles. The van der Waals surface area contributed by atoms with E-state index in [1.54, 1.807) is 12.1 Å². The number of furan rings is 1. The van der Waals surface area contributed by atoms with E-state index in [0.717, 1.165) is 30.2 Å². The number of amides is 1. The van der Waals surface area contributed by atoms with Crippen molar-refractivity contribution in [2.45, 2.75) is 32.7 Å². The fourth-order valence-electron chi connectivity index (χ4n) is 3.21. The lowest BCUT2D eigenvalue weighted by atomic mass is 10.2. The smallest absolute Gasteiger partial charge is 0.258 e. The number of nitrogens with zero attached hydrogens (tertiary/aromatic N) is 1. The van der Waals surface area contributed by atoms with E-state index in [1.807, 2.05) is 32.0 Å². The minimum Gasteiger partial charge on any atom is -0.484 e. The molecule has 2 heterocycles. The third kappa shape index (κ3) is 4.80. The van der Waals surface area contributed by atoms with E-state index in [1.165, 1.54) is 12.8 Å². The Labute approximate surface area is 159 Å². The normalized spacial score (nSPS) is 15.8. The van der Waals surface area contributed by atoms with Crippen LogP contribution in [0.25, 0.3) is 0 Å². The number of carbonyl (C=O) groups is 1. The zero-order chi connectivity index (χ0) is 18.5. The van der Waals surface area contributed by atoms with Crippen LogP contribution in [-0.2, 0) is 4.79 Å². The van der Waals surface area contributed by atoms with Crippen molar-refractivity contribution in [2.75, 3.05) is 26.2 Å². The third-order valence-electron chi connectivity index (χ3n) is 4.66. The van der Waals surface area contributed by atoms with Gasteiger partial charge in [-0.1, -0.05) is 11.6 Å². The summed E-state index contributed by atoms with van der Waals surface area (Å²) in [5.41, 5.74) is 0.923. The summed E-state index contributed by atoms with van der Waals surface area (Å²) in [6, 6.07) is 9.39. The highest BCUT2D eigenvalue weighted by Gasteiger charge is 2.26. The first-order valence-corrected chi connectivity index (χ1v) is 9.37. The number of ether oxygens (including phenoxy) is 1. The van der Waals surface area contributed by atoms with Crippen LogP contribution in [0.5, 0.6) is 5.75 Å². The standard InChI is InChI=1S/C20H25ClN2O3/c1-14-11-16(6-7-17(14)21)25-13-20(24)22-12-18(23-9-3-4-10-23)19-8-5-15(2)26-19/h5-8,11,18H,3-4,9-10,12-13H2,1-2H3,(H,22,24)/t18-/m1/s1. The van der Waals surface area contributed by atoms with Crippen LogP contribution >= 0.6 is 11.6 Å². The summed E-state index contributed by atoms with van der Waals surface area (Å²) in [5, 5.41) is 3.66. The Balaban J connectivity index is 1.54. The summed E-state index contributed by atoms with van der Waals surface area (Å²) in [6.07, 6.45) is 2.37. The van der Waals surface area contributed by atoms with Gasteiger partial charge in [-0.05, 0) is 75.7 Å². The van der Waals surface area contributed by atoms with Crippen molar-refractivity contribution in [1.29, 1.82) is 0 Å². The summed E-state index contributed by atoms with van der Waals surface area (Å²) >= 11 is 6.00. The van der Waals surface area contributed by atoms with Gasteiger partial charge in [0.15, 0.2) is 6.61 Å². The molecular weight excluding hydrogens is 352 g/mol. The molecule has 0 radical (unpaired) electrons. The Morgan fingerprint density at radius 3 is 2.69 bits per heavy atom. The molecular formula is C20H25ClN2O3. The van der Waals surface area contributed by atoms with Gasteiger partial charge < -0.3 is 14.5 Å². The first kappa shape index (κ1) is 18.8. The molecule has 1 fully saturated rings. The van der Waals surface area contributed by atoms with Gasteiger partial charge in [-0.15, -0.1) is 0 Å². The van der Waals surface area contributed by atoms with Gasteiger partial charge in [0.05, 0.1) is 6.04 Å². The molecule has 0 saturated carbocycles. The number of benzene rings is 1. The van der Waals surface area contributed by atoms with Crippen LogP contribution in [0.3, 0.4) is 0 Å². The van der Waals surface area contributed by atoms with Crippen LogP contribution in [0.1, 0.15) is 36.0 Å². The second-order valence-electron chi connectivity index (χ2n) is 6.71. The molecule has 5 nitrogen and oxygen atoms in total. The molecule has 2 aromatic rings. The van der Waals surface area contributed by atoms with Gasteiger partial charge >= 0.3 is 0 Å². The second kappa shape index (κ2) is 8.60. The minimum atomic E-state index is -0.148. The van der Waals surface area contributed by atoms with Crippen LogP contribution in [0.2, 0.25) is 5.02 Å². The Kier molecular flexibility index (Phi) is 6.22. The lowest BCUT2D eigenvalue weighted by Gasteiger charge is -2.26. The fraction of sp³-hybridized carbons (Fsp3) is 0.450. The van der Waals surface area contributed by atoms with Crippen LogP contribution in [0, 0.1) is 13.8 Å². The molecule has 1 atom stereocenters. The molecule has 140 valence electrons. The average molecular weight is 377 g/mol. The van der Waals surface area contributed by atoms with Crippen molar-refractivity contribution in [2.24, 2.45) is 0 Å². The quantitative estimate of drug-likeness (QED) is 0.796. The topological polar surface area (TPSA) is 54.7 Å². The average Bonchev–Trinajstić information content (AvgIpc) is 3.29. The predicted molar refractivity (Wildman–Crippen MR) is 102 cm³/mol. The Morgan fingerprint density at radius 2 is 2.04 bits per heavy atom. The fourth-order valence-corrected chi connectivity index (χ4v) is 3.33. The van der Waals surface area contributed by atoms with E-state index >= 15 is 0 Å². The lowest BCUT2D eigenvalue weighted by Crippen LogP contribution is -2.38. The van der Waals surface area contributed by atoms with E-state index < -0.39 is 0 Å². The van der Waals surface area contributed by atoms with E-state index in [9.17, 15) is 4.79 Å². The highest BCUT2D eigenvalue weighted by Crippen LogP contribution is 2.26. The second-order valence-corrected chi connectivity index (χ2v) is 7.12. The molecule has 3 rings (SSSR count). The number of halogens is 1. The van der Waals surface area contributed by atoms with Crippen molar-refractivity contribution in [3.05, 3.63) is 52.4 Å². The van der Waals surface area contributed by atoms with Crippen molar-refractivity contribution in [1.82, 2.24) is 10.2 Å². The van der Waals surface area contributed by atoms with E-state index in [4.69, 9.17) is 20.8 Å². The number of hydrogen-bond donors (Lipinski definition) is 1. The van der Waals surface area contributed by atoms with E-state index in [-0.39, 0.29) is 18.6 Å². The Bertz CT molecular complexity index is 753. The highest BCUT2D eigenvalue weighted by molar-refractivity contribution is 6.31. The van der Waals surface area contributed by atoms with Crippen molar-refractivity contribution in [3.63, 3.8) is 0 Å². The number of rotatable bonds is 7. The number of nitrogens with one attached hydrogen (secondary N) is 1. The molecule has 6 heteroatoms. The lowest BCUT2D eigenvalue weighted by molar-refractivity contribution is -0.123. The molecule has 0 unspecified atom stereocenters. The zero-order valence-corrected chi connectivity index (χ0v) is 16.0. The Hall–Kier alpha value is -1.98. The summed E-state index contributed by atoms with van der Waals surface area (Å²) in [7, 11) is 0. The number of likely N-dealkylation sites (tertiary alicyclic amines) is 1. The van der Waals surface area contributed by atoms with Crippen LogP contribution in [0.15, 0.2) is 34.7 Å². The maximum absolute atomic E-state index is 12.2. The molecule has 0 aliphatic carbocycles. The number of hydrogen-bond acceptors (Lipinski definition) is 4. The first-order chi connectivity index (χ1) is 12.5. The van der Waals surface area contributed by atoms with Crippen LogP contribution in [0.4, 0.5) is 0 Å². The maximum Gasteiger partial charge on any atom is 0.258 e. The van der Waals surface area contributed by atoms with Gasteiger partial charge in [0.1, 0.15) is 17.3 Å². The van der Waals surface area contributed by atoms with Crippen molar-refractivity contribution >= 4 is 17.5 Å². The largest absolute Gasteiger partial charge is 0.484 e. The van der Waals surface area contributed by atoms with Crippen molar-refractivity contribution in [3.8, 4) is 5.75 Å². The molecule has 1 amide bonds. The molecule has 0 bridgehead atoms. The molecule has 1 aromatic carbocycles. The minimum absolute atomic E-state index is 0.0228. The zero-order valence-electron chi connectivity index (χ0n) is 15.3. The van der Waals surface area contributed by atoms with E-state index in [2.05, 4.69) is 10.2 Å². The monoisotopic (exact) mass is 376 g/mol. The number of aryl methyl sites for hydroxylation is 2.